The van der Waals surface area contributed by atoms with Crippen molar-refractivity contribution < 1.29 is 0 Å². The lowest BCUT2D eigenvalue weighted by molar-refractivity contribution is 0.837. The largest absolute Gasteiger partial charge is 0.340 e. The number of pyridine rings is 1. The SMILES string of the molecule is CCc1nc(Nc2c(C(C)C)cccc2C(C)C)ccc1CC=Nc1ccc(Cl)cc1. The van der Waals surface area contributed by atoms with Gasteiger partial charge in [0.2, 0.25) is 0 Å². The van der Waals surface area contributed by atoms with Crippen LogP contribution in [0.1, 0.15) is 68.8 Å². The number of anilines is 2. The number of rotatable bonds is 8. The highest BCUT2D eigenvalue weighted by Gasteiger charge is 2.15. The van der Waals surface area contributed by atoms with Crippen molar-refractivity contribution >= 4 is 35.0 Å². The Hall–Kier alpha value is -2.65. The van der Waals surface area contributed by atoms with Gasteiger partial charge in [-0.3, -0.25) is 4.99 Å². The number of hydrogen-bond acceptors (Lipinski definition) is 3. The zero-order valence-corrected chi connectivity index (χ0v) is 19.9. The lowest BCUT2D eigenvalue weighted by Crippen LogP contribution is -2.06. The number of para-hydroxylation sites is 1. The van der Waals surface area contributed by atoms with E-state index in [4.69, 9.17) is 16.6 Å². The van der Waals surface area contributed by atoms with Gasteiger partial charge in [0.15, 0.2) is 0 Å². The minimum atomic E-state index is 0.440. The van der Waals surface area contributed by atoms with E-state index in [9.17, 15) is 0 Å². The Bertz CT molecular complexity index is 1010. The summed E-state index contributed by atoms with van der Waals surface area (Å²) in [5.41, 5.74) is 7.04. The van der Waals surface area contributed by atoms with Crippen LogP contribution in [-0.4, -0.2) is 11.2 Å². The molecule has 4 heteroatoms. The molecule has 1 aromatic heterocycles. The van der Waals surface area contributed by atoms with Crippen LogP contribution in [0.15, 0.2) is 59.6 Å². The minimum absolute atomic E-state index is 0.440. The third-order valence-electron chi connectivity index (χ3n) is 5.41. The highest BCUT2D eigenvalue weighted by atomic mass is 35.5. The van der Waals surface area contributed by atoms with Crippen molar-refractivity contribution in [2.75, 3.05) is 5.32 Å². The summed E-state index contributed by atoms with van der Waals surface area (Å²) >= 11 is 5.94. The zero-order chi connectivity index (χ0) is 22.4. The van der Waals surface area contributed by atoms with Gasteiger partial charge in [0.1, 0.15) is 5.82 Å². The number of aromatic nitrogens is 1. The monoisotopic (exact) mass is 433 g/mol. The van der Waals surface area contributed by atoms with Crippen LogP contribution in [0.3, 0.4) is 0 Å². The van der Waals surface area contributed by atoms with Crippen molar-refractivity contribution in [2.45, 2.75) is 59.3 Å². The summed E-state index contributed by atoms with van der Waals surface area (Å²) in [6.45, 7) is 11.1. The average molecular weight is 434 g/mol. The molecular weight excluding hydrogens is 402 g/mol. The molecule has 3 rings (SSSR count). The van der Waals surface area contributed by atoms with Crippen LogP contribution in [0.2, 0.25) is 5.02 Å². The molecule has 0 atom stereocenters. The molecule has 0 spiro atoms. The molecular formula is C27H32ClN3. The fourth-order valence-electron chi connectivity index (χ4n) is 3.69. The predicted octanol–water partition coefficient (Wildman–Crippen LogP) is 8.23. The molecule has 3 nitrogen and oxygen atoms in total. The van der Waals surface area contributed by atoms with E-state index in [1.165, 1.54) is 22.4 Å². The highest BCUT2D eigenvalue weighted by molar-refractivity contribution is 6.30. The Morgan fingerprint density at radius 1 is 0.935 bits per heavy atom. The van der Waals surface area contributed by atoms with Gasteiger partial charge < -0.3 is 5.32 Å². The number of hydrogen-bond donors (Lipinski definition) is 1. The second kappa shape index (κ2) is 10.6. The quantitative estimate of drug-likeness (QED) is 0.363. The van der Waals surface area contributed by atoms with Crippen LogP contribution >= 0.6 is 11.6 Å². The maximum absolute atomic E-state index is 5.94. The smallest absolute Gasteiger partial charge is 0.130 e. The number of aliphatic imine (C=N–C) groups is 1. The summed E-state index contributed by atoms with van der Waals surface area (Å²) in [6, 6.07) is 18.4. The number of aryl methyl sites for hydroxylation is 1. The zero-order valence-electron chi connectivity index (χ0n) is 19.1. The van der Waals surface area contributed by atoms with Crippen LogP contribution < -0.4 is 5.32 Å². The molecule has 0 aliphatic rings. The molecule has 1 heterocycles. The van der Waals surface area contributed by atoms with Crippen LogP contribution in [0, 0.1) is 0 Å². The third-order valence-corrected chi connectivity index (χ3v) is 5.66. The van der Waals surface area contributed by atoms with E-state index in [0.29, 0.717) is 11.8 Å². The Labute approximate surface area is 191 Å². The maximum Gasteiger partial charge on any atom is 0.130 e. The first-order valence-corrected chi connectivity index (χ1v) is 11.4. The molecule has 31 heavy (non-hydrogen) atoms. The van der Waals surface area contributed by atoms with Crippen LogP contribution in [-0.2, 0) is 12.8 Å². The molecule has 1 N–H and O–H groups in total. The molecule has 0 radical (unpaired) electrons. The topological polar surface area (TPSA) is 37.3 Å². The normalized spacial score (nSPS) is 11.6. The van der Waals surface area contributed by atoms with Crippen molar-refractivity contribution in [2.24, 2.45) is 4.99 Å². The van der Waals surface area contributed by atoms with Gasteiger partial charge in [0.25, 0.3) is 0 Å². The molecule has 3 aromatic rings. The second-order valence-corrected chi connectivity index (χ2v) is 8.83. The van der Waals surface area contributed by atoms with Gasteiger partial charge in [0, 0.05) is 29.0 Å². The Balaban J connectivity index is 1.83. The fourth-order valence-corrected chi connectivity index (χ4v) is 3.82. The minimum Gasteiger partial charge on any atom is -0.340 e. The molecule has 0 saturated heterocycles. The molecule has 0 bridgehead atoms. The van der Waals surface area contributed by atoms with Crippen molar-refractivity contribution in [1.29, 1.82) is 0 Å². The number of halogens is 1. The Morgan fingerprint density at radius 3 is 2.16 bits per heavy atom. The molecule has 162 valence electrons. The molecule has 0 unspecified atom stereocenters. The summed E-state index contributed by atoms with van der Waals surface area (Å²) in [6.07, 6.45) is 3.57. The maximum atomic E-state index is 5.94. The summed E-state index contributed by atoms with van der Waals surface area (Å²) in [7, 11) is 0. The van der Waals surface area contributed by atoms with E-state index in [0.717, 1.165) is 35.1 Å². The first-order valence-electron chi connectivity index (χ1n) is 11.1. The molecule has 0 aliphatic heterocycles. The summed E-state index contributed by atoms with van der Waals surface area (Å²) in [4.78, 5) is 9.48. The summed E-state index contributed by atoms with van der Waals surface area (Å²) in [5, 5.41) is 4.36. The van der Waals surface area contributed by atoms with E-state index >= 15 is 0 Å². The highest BCUT2D eigenvalue weighted by Crippen LogP contribution is 2.34. The Morgan fingerprint density at radius 2 is 1.58 bits per heavy atom. The number of benzene rings is 2. The van der Waals surface area contributed by atoms with E-state index in [1.54, 1.807) is 0 Å². The van der Waals surface area contributed by atoms with Gasteiger partial charge in [-0.1, -0.05) is 70.5 Å². The van der Waals surface area contributed by atoms with Crippen molar-refractivity contribution in [3.63, 3.8) is 0 Å². The van der Waals surface area contributed by atoms with Crippen molar-refractivity contribution in [3.8, 4) is 0 Å². The third kappa shape index (κ3) is 5.95. The van der Waals surface area contributed by atoms with Crippen molar-refractivity contribution in [3.05, 3.63) is 82.0 Å². The van der Waals surface area contributed by atoms with Gasteiger partial charge in [-0.15, -0.1) is 0 Å². The molecule has 0 fully saturated rings. The Kier molecular flexibility index (Phi) is 7.86. The summed E-state index contributed by atoms with van der Waals surface area (Å²) < 4.78 is 0. The standard InChI is InChI=1S/C27H32ClN3/c1-6-25-20(16-17-29-22-13-11-21(28)12-14-22)10-15-26(30-25)31-27-23(18(2)3)8-7-9-24(27)19(4)5/h7-15,17-19H,6,16H2,1-5H3,(H,30,31). The van der Waals surface area contributed by atoms with Gasteiger partial charge in [-0.2, -0.15) is 0 Å². The van der Waals surface area contributed by atoms with Gasteiger partial charge >= 0.3 is 0 Å². The van der Waals surface area contributed by atoms with Crippen LogP contribution in [0.5, 0.6) is 0 Å². The molecule has 0 aliphatic carbocycles. The first-order chi connectivity index (χ1) is 14.9. The van der Waals surface area contributed by atoms with E-state index in [-0.39, 0.29) is 0 Å². The van der Waals surface area contributed by atoms with Gasteiger partial charge in [-0.05, 0) is 65.3 Å². The van der Waals surface area contributed by atoms with Crippen molar-refractivity contribution in [1.82, 2.24) is 4.98 Å². The number of nitrogens with zero attached hydrogens (tertiary/aromatic N) is 2. The lowest BCUT2D eigenvalue weighted by atomic mass is 9.92. The van der Waals surface area contributed by atoms with Crippen LogP contribution in [0.4, 0.5) is 17.2 Å². The lowest BCUT2D eigenvalue weighted by Gasteiger charge is -2.21. The van der Waals surface area contributed by atoms with Gasteiger partial charge in [-0.25, -0.2) is 4.98 Å². The van der Waals surface area contributed by atoms with E-state index in [1.807, 2.05) is 30.5 Å². The molecule has 0 amide bonds. The van der Waals surface area contributed by atoms with E-state index < -0.39 is 0 Å². The van der Waals surface area contributed by atoms with Gasteiger partial charge in [0.05, 0.1) is 5.69 Å². The first kappa shape index (κ1) is 23.0. The fraction of sp³-hybridized carbons (Fsp3) is 0.333. The second-order valence-electron chi connectivity index (χ2n) is 8.39. The van der Waals surface area contributed by atoms with E-state index in [2.05, 4.69) is 75.3 Å². The van der Waals surface area contributed by atoms with Crippen LogP contribution in [0.25, 0.3) is 0 Å². The predicted molar refractivity (Wildman–Crippen MR) is 135 cm³/mol. The average Bonchev–Trinajstić information content (AvgIpc) is 2.75. The molecule has 0 saturated carbocycles. The molecule has 2 aromatic carbocycles. The summed E-state index contributed by atoms with van der Waals surface area (Å²) in [5.74, 6) is 1.77. The number of nitrogens with one attached hydrogen (secondary N) is 1.